The van der Waals surface area contributed by atoms with Crippen LogP contribution in [0.2, 0.25) is 0 Å². The van der Waals surface area contributed by atoms with Crippen LogP contribution in [0.25, 0.3) is 0 Å². The SMILES string of the molecule is CC(C)c1ccc(C2CC2C(=N)COC(=O)C2CC2)cc1. The number of hydrogen-bond donors (Lipinski definition) is 1. The quantitative estimate of drug-likeness (QED) is 0.637. The normalized spacial score (nSPS) is 24.0. The lowest BCUT2D eigenvalue weighted by atomic mass is 9.99. The molecular formula is C18H23NO2. The Morgan fingerprint density at radius 1 is 1.29 bits per heavy atom. The molecule has 0 saturated heterocycles. The van der Waals surface area contributed by atoms with Crippen LogP contribution in [0.15, 0.2) is 24.3 Å². The van der Waals surface area contributed by atoms with Crippen LogP contribution in [0.5, 0.6) is 0 Å². The van der Waals surface area contributed by atoms with E-state index >= 15 is 0 Å². The van der Waals surface area contributed by atoms with Gasteiger partial charge in [0.2, 0.25) is 0 Å². The maximum absolute atomic E-state index is 11.5. The second-order valence-corrected chi connectivity index (χ2v) is 6.68. The Balaban J connectivity index is 1.50. The van der Waals surface area contributed by atoms with E-state index in [9.17, 15) is 4.79 Å². The van der Waals surface area contributed by atoms with Crippen LogP contribution in [-0.2, 0) is 9.53 Å². The van der Waals surface area contributed by atoms with Crippen LogP contribution in [-0.4, -0.2) is 18.3 Å². The maximum atomic E-state index is 11.5. The van der Waals surface area contributed by atoms with Gasteiger partial charge in [0.05, 0.1) is 11.6 Å². The van der Waals surface area contributed by atoms with E-state index in [0.29, 0.717) is 17.5 Å². The van der Waals surface area contributed by atoms with E-state index < -0.39 is 0 Å². The van der Waals surface area contributed by atoms with Crippen LogP contribution in [0, 0.1) is 17.2 Å². The van der Waals surface area contributed by atoms with Crippen LogP contribution >= 0.6 is 0 Å². The third-order valence-corrected chi connectivity index (χ3v) is 4.55. The highest BCUT2D eigenvalue weighted by molar-refractivity contribution is 5.90. The van der Waals surface area contributed by atoms with E-state index in [1.54, 1.807) is 0 Å². The fraction of sp³-hybridized carbons (Fsp3) is 0.556. The summed E-state index contributed by atoms with van der Waals surface area (Å²) in [6.07, 6.45) is 2.93. The smallest absolute Gasteiger partial charge is 0.309 e. The Hall–Kier alpha value is -1.64. The predicted molar refractivity (Wildman–Crippen MR) is 82.8 cm³/mol. The summed E-state index contributed by atoms with van der Waals surface area (Å²) in [7, 11) is 0. The largest absolute Gasteiger partial charge is 0.459 e. The average molecular weight is 285 g/mol. The lowest BCUT2D eigenvalue weighted by molar-refractivity contribution is -0.143. The number of hydrogen-bond acceptors (Lipinski definition) is 3. The standard InChI is InChI=1S/C18H23NO2/c1-11(2)12-3-5-13(6-4-12)15-9-16(15)17(19)10-21-18(20)14-7-8-14/h3-6,11,14-16,19H,7-10H2,1-2H3. The third-order valence-electron chi connectivity index (χ3n) is 4.55. The Morgan fingerprint density at radius 3 is 2.52 bits per heavy atom. The minimum atomic E-state index is -0.113. The minimum Gasteiger partial charge on any atom is -0.459 e. The zero-order chi connectivity index (χ0) is 15.0. The van der Waals surface area contributed by atoms with Crippen LogP contribution in [0.3, 0.4) is 0 Å². The minimum absolute atomic E-state index is 0.113. The molecule has 0 amide bonds. The topological polar surface area (TPSA) is 50.1 Å². The van der Waals surface area contributed by atoms with Gasteiger partial charge < -0.3 is 10.1 Å². The van der Waals surface area contributed by atoms with Gasteiger partial charge in [-0.05, 0) is 42.2 Å². The molecule has 2 aliphatic carbocycles. The summed E-state index contributed by atoms with van der Waals surface area (Å²) >= 11 is 0. The van der Waals surface area contributed by atoms with Crippen molar-refractivity contribution in [1.29, 1.82) is 5.41 Å². The molecule has 0 aliphatic heterocycles. The summed E-state index contributed by atoms with van der Waals surface area (Å²) in [5.41, 5.74) is 3.23. The van der Waals surface area contributed by atoms with Gasteiger partial charge >= 0.3 is 5.97 Å². The van der Waals surface area contributed by atoms with E-state index in [0.717, 1.165) is 19.3 Å². The highest BCUT2D eigenvalue weighted by Crippen LogP contribution is 2.48. The number of esters is 1. The van der Waals surface area contributed by atoms with Gasteiger partial charge in [-0.25, -0.2) is 0 Å². The van der Waals surface area contributed by atoms with Gasteiger partial charge in [-0.15, -0.1) is 0 Å². The molecule has 0 spiro atoms. The summed E-state index contributed by atoms with van der Waals surface area (Å²) in [5.74, 6) is 1.27. The molecule has 21 heavy (non-hydrogen) atoms. The molecule has 3 rings (SSSR count). The zero-order valence-corrected chi connectivity index (χ0v) is 12.8. The first-order valence-corrected chi connectivity index (χ1v) is 7.90. The summed E-state index contributed by atoms with van der Waals surface area (Å²) < 4.78 is 5.20. The lowest BCUT2D eigenvalue weighted by Crippen LogP contribution is -2.16. The molecule has 2 aliphatic rings. The van der Waals surface area contributed by atoms with Crippen molar-refractivity contribution in [2.24, 2.45) is 11.8 Å². The molecule has 1 aromatic carbocycles. The maximum Gasteiger partial charge on any atom is 0.309 e. The van der Waals surface area contributed by atoms with Gasteiger partial charge in [0.25, 0.3) is 0 Å². The van der Waals surface area contributed by atoms with Crippen LogP contribution in [0.1, 0.15) is 56.1 Å². The molecule has 3 heteroatoms. The Labute approximate surface area is 126 Å². The molecule has 0 radical (unpaired) electrons. The molecule has 1 N–H and O–H groups in total. The highest BCUT2D eigenvalue weighted by atomic mass is 16.5. The molecule has 2 fully saturated rings. The van der Waals surface area contributed by atoms with Gasteiger partial charge in [-0.1, -0.05) is 38.1 Å². The summed E-state index contributed by atoms with van der Waals surface area (Å²) in [6, 6.07) is 8.74. The van der Waals surface area contributed by atoms with Crippen molar-refractivity contribution < 1.29 is 9.53 Å². The van der Waals surface area contributed by atoms with Gasteiger partial charge in [-0.2, -0.15) is 0 Å². The summed E-state index contributed by atoms with van der Waals surface area (Å²) in [5, 5.41) is 8.07. The van der Waals surface area contributed by atoms with Crippen molar-refractivity contribution in [3.63, 3.8) is 0 Å². The fourth-order valence-corrected chi connectivity index (χ4v) is 2.77. The molecule has 1 aromatic rings. The fourth-order valence-electron chi connectivity index (χ4n) is 2.77. The molecule has 0 aromatic heterocycles. The second-order valence-electron chi connectivity index (χ2n) is 6.68. The van der Waals surface area contributed by atoms with Gasteiger partial charge in [0.1, 0.15) is 6.61 Å². The van der Waals surface area contributed by atoms with E-state index in [2.05, 4.69) is 38.1 Å². The molecule has 0 bridgehead atoms. The molecule has 0 heterocycles. The average Bonchev–Trinajstić information content (AvgIpc) is 3.37. The predicted octanol–water partition coefficient (Wildman–Crippen LogP) is 3.89. The molecule has 2 atom stereocenters. The number of rotatable bonds is 6. The first kappa shape index (κ1) is 14.3. The van der Waals surface area contributed by atoms with Crippen molar-refractivity contribution >= 4 is 11.7 Å². The molecule has 2 saturated carbocycles. The van der Waals surface area contributed by atoms with Crippen molar-refractivity contribution in [2.45, 2.75) is 44.9 Å². The van der Waals surface area contributed by atoms with E-state index in [1.165, 1.54) is 11.1 Å². The van der Waals surface area contributed by atoms with E-state index in [-0.39, 0.29) is 24.4 Å². The van der Waals surface area contributed by atoms with Gasteiger partial charge in [-0.3, -0.25) is 4.79 Å². The first-order chi connectivity index (χ1) is 10.1. The molecule has 2 unspecified atom stereocenters. The summed E-state index contributed by atoms with van der Waals surface area (Å²) in [6.45, 7) is 4.57. The number of ether oxygens (including phenoxy) is 1. The van der Waals surface area contributed by atoms with Crippen LogP contribution in [0.4, 0.5) is 0 Å². The zero-order valence-electron chi connectivity index (χ0n) is 12.8. The molecule has 3 nitrogen and oxygen atoms in total. The van der Waals surface area contributed by atoms with Crippen molar-refractivity contribution in [3.8, 4) is 0 Å². The monoisotopic (exact) mass is 285 g/mol. The lowest BCUT2D eigenvalue weighted by Gasteiger charge is -2.08. The first-order valence-electron chi connectivity index (χ1n) is 7.90. The van der Waals surface area contributed by atoms with Crippen molar-refractivity contribution in [3.05, 3.63) is 35.4 Å². The molecule has 112 valence electrons. The van der Waals surface area contributed by atoms with Crippen LogP contribution < -0.4 is 0 Å². The van der Waals surface area contributed by atoms with E-state index in [1.807, 2.05) is 0 Å². The van der Waals surface area contributed by atoms with E-state index in [4.69, 9.17) is 10.1 Å². The van der Waals surface area contributed by atoms with Crippen molar-refractivity contribution in [1.82, 2.24) is 0 Å². The number of nitrogens with one attached hydrogen (secondary N) is 1. The van der Waals surface area contributed by atoms with Gasteiger partial charge in [0.15, 0.2) is 0 Å². The van der Waals surface area contributed by atoms with Crippen molar-refractivity contribution in [2.75, 3.05) is 6.61 Å². The second kappa shape index (κ2) is 5.63. The molecular weight excluding hydrogens is 262 g/mol. The Bertz CT molecular complexity index is 543. The Morgan fingerprint density at radius 2 is 1.95 bits per heavy atom. The Kier molecular flexibility index (Phi) is 3.83. The number of carbonyl (C=O) groups is 1. The van der Waals surface area contributed by atoms with Gasteiger partial charge in [0, 0.05) is 5.92 Å². The number of carbonyl (C=O) groups excluding carboxylic acids is 1. The third kappa shape index (κ3) is 3.34. The highest BCUT2D eigenvalue weighted by Gasteiger charge is 2.42. The summed E-state index contributed by atoms with van der Waals surface area (Å²) in [4.78, 5) is 11.5. The number of benzene rings is 1.